The second kappa shape index (κ2) is 7.83. The van der Waals surface area contributed by atoms with Crippen molar-refractivity contribution in [3.05, 3.63) is 77.4 Å². The largest absolute Gasteiger partial charge is 0.0654 e. The van der Waals surface area contributed by atoms with Gasteiger partial charge in [0, 0.05) is 5.92 Å². The maximum absolute atomic E-state index is 2.34. The van der Waals surface area contributed by atoms with Gasteiger partial charge in [0.1, 0.15) is 0 Å². The van der Waals surface area contributed by atoms with Crippen LogP contribution in [-0.2, 0) is 0 Å². The van der Waals surface area contributed by atoms with Crippen LogP contribution in [0.3, 0.4) is 0 Å². The lowest BCUT2D eigenvalue weighted by atomic mass is 9.85. The normalized spacial score (nSPS) is 13.7. The smallest absolute Gasteiger partial charge is 0.00257 e. The van der Waals surface area contributed by atoms with Gasteiger partial charge in [-0.05, 0) is 36.5 Å². The van der Waals surface area contributed by atoms with Gasteiger partial charge in [0.05, 0.1) is 0 Å². The highest BCUT2D eigenvalue weighted by atomic mass is 14.2. The summed E-state index contributed by atoms with van der Waals surface area (Å²) in [6.07, 6.45) is 3.69. The standard InChI is InChI=1S/C21H26/c1-4-5-16-21(17(2)19-12-8-6-9-13-19)18(3)20-14-10-7-11-15-20/h6-15,17H,4-5,16H2,1-3H3/b21-18-. The fourth-order valence-electron chi connectivity index (χ4n) is 2.91. The molecule has 110 valence electrons. The average Bonchev–Trinajstić information content (AvgIpc) is 2.56. The molecule has 2 rings (SSSR count). The summed E-state index contributed by atoms with van der Waals surface area (Å²) in [6.45, 7) is 6.88. The lowest BCUT2D eigenvalue weighted by molar-refractivity contribution is 0.730. The Morgan fingerprint density at radius 3 is 2.05 bits per heavy atom. The Labute approximate surface area is 129 Å². The molecular formula is C21H26. The van der Waals surface area contributed by atoms with E-state index in [9.17, 15) is 0 Å². The van der Waals surface area contributed by atoms with E-state index >= 15 is 0 Å². The topological polar surface area (TPSA) is 0 Å². The number of unbranched alkanes of at least 4 members (excludes halogenated alkanes) is 1. The van der Waals surface area contributed by atoms with Gasteiger partial charge in [-0.25, -0.2) is 0 Å². The van der Waals surface area contributed by atoms with E-state index in [0.717, 1.165) is 0 Å². The van der Waals surface area contributed by atoms with Gasteiger partial charge in [-0.2, -0.15) is 0 Å². The van der Waals surface area contributed by atoms with Crippen LogP contribution in [0, 0.1) is 0 Å². The molecule has 1 atom stereocenters. The van der Waals surface area contributed by atoms with Crippen LogP contribution in [-0.4, -0.2) is 0 Å². The van der Waals surface area contributed by atoms with Crippen molar-refractivity contribution in [2.24, 2.45) is 0 Å². The van der Waals surface area contributed by atoms with Gasteiger partial charge < -0.3 is 0 Å². The van der Waals surface area contributed by atoms with E-state index in [0.29, 0.717) is 5.92 Å². The highest BCUT2D eigenvalue weighted by Gasteiger charge is 2.14. The van der Waals surface area contributed by atoms with Crippen LogP contribution in [0.2, 0.25) is 0 Å². The molecule has 0 saturated carbocycles. The zero-order valence-electron chi connectivity index (χ0n) is 13.5. The summed E-state index contributed by atoms with van der Waals surface area (Å²) in [5.41, 5.74) is 5.79. The van der Waals surface area contributed by atoms with Crippen LogP contribution < -0.4 is 0 Å². The first-order chi connectivity index (χ1) is 10.2. The summed E-state index contributed by atoms with van der Waals surface area (Å²) >= 11 is 0. The van der Waals surface area contributed by atoms with Crippen molar-refractivity contribution in [1.29, 1.82) is 0 Å². The Kier molecular flexibility index (Phi) is 5.80. The molecule has 0 saturated heterocycles. The van der Waals surface area contributed by atoms with Crippen LogP contribution in [0.4, 0.5) is 0 Å². The highest BCUT2D eigenvalue weighted by Crippen LogP contribution is 2.33. The first kappa shape index (κ1) is 15.6. The molecule has 0 aliphatic carbocycles. The van der Waals surface area contributed by atoms with Crippen molar-refractivity contribution in [3.63, 3.8) is 0 Å². The molecule has 0 N–H and O–H groups in total. The van der Waals surface area contributed by atoms with E-state index in [4.69, 9.17) is 0 Å². The van der Waals surface area contributed by atoms with E-state index in [1.165, 1.54) is 36.0 Å². The molecule has 21 heavy (non-hydrogen) atoms. The fraction of sp³-hybridized carbons (Fsp3) is 0.333. The van der Waals surface area contributed by atoms with E-state index in [2.05, 4.69) is 81.4 Å². The van der Waals surface area contributed by atoms with E-state index in [1.54, 1.807) is 5.57 Å². The minimum atomic E-state index is 0.484. The average molecular weight is 278 g/mol. The van der Waals surface area contributed by atoms with Gasteiger partial charge >= 0.3 is 0 Å². The predicted octanol–water partition coefficient (Wildman–Crippen LogP) is 6.45. The van der Waals surface area contributed by atoms with E-state index < -0.39 is 0 Å². The monoisotopic (exact) mass is 278 g/mol. The number of allylic oxidation sites excluding steroid dienone is 2. The zero-order valence-corrected chi connectivity index (χ0v) is 13.5. The third-order valence-corrected chi connectivity index (χ3v) is 4.31. The lowest BCUT2D eigenvalue weighted by Gasteiger charge is -2.20. The maximum Gasteiger partial charge on any atom is 0.00257 e. The number of hydrogen-bond acceptors (Lipinski definition) is 0. The summed E-state index contributed by atoms with van der Waals surface area (Å²) < 4.78 is 0. The Morgan fingerprint density at radius 1 is 0.905 bits per heavy atom. The zero-order chi connectivity index (χ0) is 15.1. The van der Waals surface area contributed by atoms with Crippen LogP contribution in [0.25, 0.3) is 5.57 Å². The summed E-state index contributed by atoms with van der Waals surface area (Å²) in [4.78, 5) is 0. The molecule has 0 amide bonds. The SMILES string of the molecule is CCCC/C(=C(\C)c1ccccc1)C(C)c1ccccc1. The molecule has 0 aliphatic rings. The molecule has 0 heteroatoms. The summed E-state index contributed by atoms with van der Waals surface area (Å²) in [5.74, 6) is 0.484. The Bertz CT molecular complexity index is 564. The fourth-order valence-corrected chi connectivity index (χ4v) is 2.91. The molecular weight excluding hydrogens is 252 g/mol. The molecule has 0 bridgehead atoms. The lowest BCUT2D eigenvalue weighted by Crippen LogP contribution is -2.01. The summed E-state index contributed by atoms with van der Waals surface area (Å²) in [5, 5.41) is 0. The van der Waals surface area contributed by atoms with Gasteiger partial charge in [0.25, 0.3) is 0 Å². The van der Waals surface area contributed by atoms with Crippen molar-refractivity contribution in [2.75, 3.05) is 0 Å². The van der Waals surface area contributed by atoms with Gasteiger partial charge in [-0.15, -0.1) is 0 Å². The van der Waals surface area contributed by atoms with Gasteiger partial charge in [-0.1, -0.05) is 86.5 Å². The Hall–Kier alpha value is -1.82. The molecule has 0 aliphatic heterocycles. The summed E-state index contributed by atoms with van der Waals surface area (Å²) in [7, 11) is 0. The molecule has 2 aromatic rings. The third kappa shape index (κ3) is 4.07. The van der Waals surface area contributed by atoms with Crippen molar-refractivity contribution < 1.29 is 0 Å². The first-order valence-corrected chi connectivity index (χ1v) is 8.04. The molecule has 0 aromatic heterocycles. The molecule has 1 unspecified atom stereocenters. The van der Waals surface area contributed by atoms with Gasteiger partial charge in [0.15, 0.2) is 0 Å². The predicted molar refractivity (Wildman–Crippen MR) is 93.4 cm³/mol. The number of rotatable bonds is 6. The van der Waals surface area contributed by atoms with Crippen LogP contribution in [0.1, 0.15) is 57.1 Å². The second-order valence-corrected chi connectivity index (χ2v) is 5.75. The van der Waals surface area contributed by atoms with E-state index in [-0.39, 0.29) is 0 Å². The van der Waals surface area contributed by atoms with Crippen molar-refractivity contribution in [2.45, 2.75) is 46.0 Å². The van der Waals surface area contributed by atoms with Gasteiger partial charge in [0.2, 0.25) is 0 Å². The molecule has 0 nitrogen and oxygen atoms in total. The maximum atomic E-state index is 2.34. The van der Waals surface area contributed by atoms with Crippen molar-refractivity contribution in [3.8, 4) is 0 Å². The number of benzene rings is 2. The quantitative estimate of drug-likeness (QED) is 0.569. The van der Waals surface area contributed by atoms with Crippen LogP contribution >= 0.6 is 0 Å². The Morgan fingerprint density at radius 2 is 1.48 bits per heavy atom. The molecule has 2 aromatic carbocycles. The van der Waals surface area contributed by atoms with Crippen molar-refractivity contribution in [1.82, 2.24) is 0 Å². The second-order valence-electron chi connectivity index (χ2n) is 5.75. The molecule has 0 heterocycles. The molecule has 0 fully saturated rings. The number of hydrogen-bond donors (Lipinski definition) is 0. The molecule has 0 radical (unpaired) electrons. The van der Waals surface area contributed by atoms with Crippen molar-refractivity contribution >= 4 is 5.57 Å². The van der Waals surface area contributed by atoms with Gasteiger partial charge in [-0.3, -0.25) is 0 Å². The minimum absolute atomic E-state index is 0.484. The first-order valence-electron chi connectivity index (χ1n) is 8.04. The third-order valence-electron chi connectivity index (χ3n) is 4.31. The molecule has 0 spiro atoms. The highest BCUT2D eigenvalue weighted by molar-refractivity contribution is 5.68. The summed E-state index contributed by atoms with van der Waals surface area (Å²) in [6, 6.07) is 21.6. The minimum Gasteiger partial charge on any atom is -0.0654 e. The Balaban J connectivity index is 2.38. The van der Waals surface area contributed by atoms with Crippen LogP contribution in [0.5, 0.6) is 0 Å². The van der Waals surface area contributed by atoms with E-state index in [1.807, 2.05) is 0 Å². The van der Waals surface area contributed by atoms with Crippen LogP contribution in [0.15, 0.2) is 66.2 Å².